The highest BCUT2D eigenvalue weighted by Gasteiger charge is 2.20. The molecule has 0 aliphatic rings. The van der Waals surface area contributed by atoms with Gasteiger partial charge in [-0.25, -0.2) is 0 Å². The van der Waals surface area contributed by atoms with E-state index in [-0.39, 0.29) is 78.0 Å². The van der Waals surface area contributed by atoms with Crippen molar-refractivity contribution in [2.45, 2.75) is 0 Å². The first-order chi connectivity index (χ1) is 18.3. The Bertz CT molecular complexity index is 2000. The van der Waals surface area contributed by atoms with Gasteiger partial charge in [-0.2, -0.15) is 0 Å². The number of benzene rings is 4. The van der Waals surface area contributed by atoms with Gasteiger partial charge in [-0.1, -0.05) is 18.2 Å². The van der Waals surface area contributed by atoms with Crippen molar-refractivity contribution in [3.8, 4) is 56.4 Å². The van der Waals surface area contributed by atoms with Crippen LogP contribution in [-0.4, -0.2) is 20.4 Å². The van der Waals surface area contributed by atoms with E-state index in [1.807, 2.05) is 0 Å². The highest BCUT2D eigenvalue weighted by atomic mass is 16.3. The Morgan fingerprint density at radius 2 is 1.13 bits per heavy atom. The van der Waals surface area contributed by atoms with Gasteiger partial charge in [0.25, 0.3) is 0 Å². The van der Waals surface area contributed by atoms with E-state index >= 15 is 0 Å². The summed E-state index contributed by atoms with van der Waals surface area (Å²) in [6, 6.07) is 17.4. The van der Waals surface area contributed by atoms with E-state index in [2.05, 4.69) is 0 Å². The van der Waals surface area contributed by atoms with Crippen LogP contribution in [-0.2, 0) is 0 Å². The fourth-order valence-electron chi connectivity index (χ4n) is 4.51. The van der Waals surface area contributed by atoms with Gasteiger partial charge in [0.15, 0.2) is 5.43 Å². The monoisotopic (exact) mass is 506 g/mol. The van der Waals surface area contributed by atoms with Crippen LogP contribution in [0.5, 0.6) is 23.0 Å². The van der Waals surface area contributed by atoms with Gasteiger partial charge in [0, 0.05) is 11.6 Å². The Balaban J connectivity index is 1.55. The quantitative estimate of drug-likeness (QED) is 0.239. The number of fused-ring (bicyclic) bond motifs is 2. The maximum absolute atomic E-state index is 13.3. The summed E-state index contributed by atoms with van der Waals surface area (Å²) in [5, 5.41) is 41.2. The van der Waals surface area contributed by atoms with Crippen molar-refractivity contribution in [2.24, 2.45) is 0 Å². The van der Waals surface area contributed by atoms with Crippen LogP contribution in [0.3, 0.4) is 0 Å². The zero-order valence-electron chi connectivity index (χ0n) is 19.5. The van der Waals surface area contributed by atoms with Crippen LogP contribution in [0.2, 0.25) is 0 Å². The molecule has 8 heteroatoms. The van der Waals surface area contributed by atoms with Gasteiger partial charge in [0.1, 0.15) is 46.7 Å². The molecule has 0 amide bonds. The molecule has 0 saturated heterocycles. The minimum absolute atomic E-state index is 0.0400. The van der Waals surface area contributed by atoms with Gasteiger partial charge in [-0.05, 0) is 59.7 Å². The van der Waals surface area contributed by atoms with Crippen LogP contribution in [0.1, 0.15) is 0 Å². The summed E-state index contributed by atoms with van der Waals surface area (Å²) in [4.78, 5) is 26.5. The molecule has 0 unspecified atom stereocenters. The minimum Gasteiger partial charge on any atom is -0.508 e. The molecule has 0 atom stereocenters. The van der Waals surface area contributed by atoms with Gasteiger partial charge >= 0.3 is 0 Å². The summed E-state index contributed by atoms with van der Waals surface area (Å²) in [6.07, 6.45) is 2.52. The van der Waals surface area contributed by atoms with Crippen molar-refractivity contribution in [1.29, 1.82) is 0 Å². The van der Waals surface area contributed by atoms with E-state index in [9.17, 15) is 30.0 Å². The predicted octanol–water partition coefficient (Wildman–Crippen LogP) is 5.72. The topological polar surface area (TPSA) is 141 Å². The van der Waals surface area contributed by atoms with Crippen molar-refractivity contribution in [1.82, 2.24) is 0 Å². The molecular weight excluding hydrogens is 488 g/mol. The summed E-state index contributed by atoms with van der Waals surface area (Å²) in [5.74, 6) is -0.440. The lowest BCUT2D eigenvalue weighted by Gasteiger charge is -2.12. The second kappa shape index (κ2) is 8.56. The maximum atomic E-state index is 13.3. The fourth-order valence-corrected chi connectivity index (χ4v) is 4.51. The minimum atomic E-state index is -0.368. The summed E-state index contributed by atoms with van der Waals surface area (Å²) in [7, 11) is 0. The zero-order valence-corrected chi connectivity index (χ0v) is 19.5. The average Bonchev–Trinajstić information content (AvgIpc) is 2.90. The van der Waals surface area contributed by atoms with Crippen molar-refractivity contribution < 1.29 is 29.3 Å². The lowest BCUT2D eigenvalue weighted by atomic mass is 9.95. The molecule has 0 fully saturated rings. The van der Waals surface area contributed by atoms with Gasteiger partial charge in [0.05, 0.1) is 27.5 Å². The third-order valence-electron chi connectivity index (χ3n) is 6.43. The number of hydrogen-bond donors (Lipinski definition) is 4. The third kappa shape index (κ3) is 3.63. The van der Waals surface area contributed by atoms with Crippen LogP contribution >= 0.6 is 0 Å². The molecular formula is C30H18O8. The number of rotatable bonds is 3. The highest BCUT2D eigenvalue weighted by molar-refractivity contribution is 5.99. The molecule has 0 saturated carbocycles. The standard InChI is InChI=1S/C30H18O8/c31-17-4-1-15(2-5-17)22-14-38-30-20(29(22)36)8-10-25(34)27(30)21-11-16(3-9-24(21)33)23-13-37-26-12-18(32)6-7-19(26)28(23)35/h1-14,31-34H. The highest BCUT2D eigenvalue weighted by Crippen LogP contribution is 2.42. The van der Waals surface area contributed by atoms with Crippen LogP contribution < -0.4 is 10.9 Å². The van der Waals surface area contributed by atoms with Crippen LogP contribution in [0.4, 0.5) is 0 Å². The predicted molar refractivity (Wildman–Crippen MR) is 141 cm³/mol. The van der Waals surface area contributed by atoms with E-state index < -0.39 is 0 Å². The van der Waals surface area contributed by atoms with Crippen molar-refractivity contribution in [3.63, 3.8) is 0 Å². The first kappa shape index (κ1) is 22.9. The number of phenolic OH excluding ortho intramolecular Hbond substituents is 4. The smallest absolute Gasteiger partial charge is 0.200 e. The van der Waals surface area contributed by atoms with Crippen LogP contribution in [0.15, 0.2) is 104 Å². The van der Waals surface area contributed by atoms with E-state index in [0.29, 0.717) is 11.1 Å². The molecule has 6 aromatic rings. The number of phenols is 4. The molecule has 0 aliphatic heterocycles. The summed E-state index contributed by atoms with van der Waals surface area (Å²) in [6.45, 7) is 0. The van der Waals surface area contributed by atoms with Gasteiger partial charge in [-0.3, -0.25) is 9.59 Å². The second-order valence-corrected chi connectivity index (χ2v) is 8.75. The molecule has 4 N–H and O–H groups in total. The van der Waals surface area contributed by atoms with Gasteiger partial charge < -0.3 is 29.3 Å². The molecule has 4 aromatic carbocycles. The molecule has 6 rings (SSSR count). The summed E-state index contributed by atoms with van der Waals surface area (Å²) in [5.41, 5.74) is 1.13. The third-order valence-corrected chi connectivity index (χ3v) is 6.43. The van der Waals surface area contributed by atoms with Crippen molar-refractivity contribution in [3.05, 3.63) is 106 Å². The molecule has 0 spiro atoms. The molecule has 0 aliphatic carbocycles. The Labute approximate surface area is 213 Å². The Morgan fingerprint density at radius 3 is 1.92 bits per heavy atom. The summed E-state index contributed by atoms with van der Waals surface area (Å²) < 4.78 is 11.4. The van der Waals surface area contributed by atoms with Gasteiger partial charge in [0.2, 0.25) is 5.43 Å². The molecule has 0 radical (unpaired) electrons. The first-order valence-corrected chi connectivity index (χ1v) is 11.5. The molecule has 8 nitrogen and oxygen atoms in total. The number of hydrogen-bond acceptors (Lipinski definition) is 8. The first-order valence-electron chi connectivity index (χ1n) is 11.5. The zero-order chi connectivity index (χ0) is 26.6. The number of aromatic hydroxyl groups is 4. The largest absolute Gasteiger partial charge is 0.508 e. The lowest BCUT2D eigenvalue weighted by molar-refractivity contribution is 0.468. The van der Waals surface area contributed by atoms with Crippen molar-refractivity contribution >= 4 is 21.9 Å². The lowest BCUT2D eigenvalue weighted by Crippen LogP contribution is -2.06. The molecule has 2 heterocycles. The van der Waals surface area contributed by atoms with Crippen LogP contribution in [0, 0.1) is 0 Å². The van der Waals surface area contributed by atoms with Crippen LogP contribution in [0.25, 0.3) is 55.3 Å². The van der Waals surface area contributed by atoms with E-state index in [1.54, 1.807) is 12.1 Å². The molecule has 2 aromatic heterocycles. The SMILES string of the molecule is O=c1c(-c2ccc(O)c(-c3c(O)ccc4c(=O)c(-c5ccc(O)cc5)coc34)c2)coc2cc(O)ccc12. The van der Waals surface area contributed by atoms with E-state index in [0.717, 1.165) is 0 Å². The molecule has 186 valence electrons. The van der Waals surface area contributed by atoms with E-state index in [4.69, 9.17) is 8.83 Å². The maximum Gasteiger partial charge on any atom is 0.200 e. The average molecular weight is 506 g/mol. The molecule has 38 heavy (non-hydrogen) atoms. The second-order valence-electron chi connectivity index (χ2n) is 8.75. The normalized spacial score (nSPS) is 11.3. The van der Waals surface area contributed by atoms with Crippen molar-refractivity contribution in [2.75, 3.05) is 0 Å². The summed E-state index contributed by atoms with van der Waals surface area (Å²) >= 11 is 0. The Kier molecular flexibility index (Phi) is 5.17. The molecule has 0 bridgehead atoms. The van der Waals surface area contributed by atoms with Gasteiger partial charge in [-0.15, -0.1) is 0 Å². The Morgan fingerprint density at radius 1 is 0.526 bits per heavy atom. The van der Waals surface area contributed by atoms with E-state index in [1.165, 1.54) is 73.2 Å². The fraction of sp³-hybridized carbons (Fsp3) is 0. The Hall–Kier alpha value is -5.50.